The highest BCUT2D eigenvalue weighted by molar-refractivity contribution is 9.10. The number of ether oxygens (including phenoxy) is 1. The van der Waals surface area contributed by atoms with E-state index in [2.05, 4.69) is 26.1 Å². The molecule has 0 saturated carbocycles. The minimum Gasteiger partial charge on any atom is -0.418 e. The molecule has 138 valence electrons. The van der Waals surface area contributed by atoms with Crippen LogP contribution >= 0.6 is 15.9 Å². The lowest BCUT2D eigenvalue weighted by Gasteiger charge is -2.24. The number of furan rings is 1. The van der Waals surface area contributed by atoms with E-state index < -0.39 is 6.09 Å². The Morgan fingerprint density at radius 1 is 1.27 bits per heavy atom. The third-order valence-electron chi connectivity index (χ3n) is 4.43. The molecule has 1 aliphatic rings. The molecule has 1 unspecified atom stereocenters. The Labute approximate surface area is 160 Å². The molecular formula is C18H20BrN3O4. The molecule has 26 heavy (non-hydrogen) atoms. The second-order valence-corrected chi connectivity index (χ2v) is 6.92. The van der Waals surface area contributed by atoms with Crippen LogP contribution in [0.5, 0.6) is 5.95 Å². The van der Waals surface area contributed by atoms with Gasteiger partial charge in [0.25, 0.3) is 5.95 Å². The van der Waals surface area contributed by atoms with Gasteiger partial charge >= 0.3 is 6.09 Å². The van der Waals surface area contributed by atoms with Crippen molar-refractivity contribution in [3.8, 4) is 5.95 Å². The van der Waals surface area contributed by atoms with E-state index in [4.69, 9.17) is 9.15 Å². The van der Waals surface area contributed by atoms with Crippen molar-refractivity contribution < 1.29 is 18.7 Å². The fourth-order valence-corrected chi connectivity index (χ4v) is 3.18. The zero-order valence-corrected chi connectivity index (χ0v) is 16.2. The molecule has 0 spiro atoms. The highest BCUT2D eigenvalue weighted by Gasteiger charge is 2.27. The number of carbonyl (C=O) groups excluding carboxylic acids is 2. The average Bonchev–Trinajstić information content (AvgIpc) is 3.24. The summed E-state index contributed by atoms with van der Waals surface area (Å²) in [6.07, 6.45) is 0.324. The van der Waals surface area contributed by atoms with Crippen molar-refractivity contribution >= 4 is 39.3 Å². The van der Waals surface area contributed by atoms with Gasteiger partial charge in [0.2, 0.25) is 5.91 Å². The topological polar surface area (TPSA) is 75.0 Å². The van der Waals surface area contributed by atoms with Crippen LogP contribution in [0.1, 0.15) is 13.3 Å². The standard InChI is InChI=1S/C18H20BrN3O4/c1-12(23)21(2)15-9-10-22(11-15)14-5-3-13(4-6-14)20-18(24)26-17-8-7-16(19)25-17/h3-8,15H,9-11H2,1-2H3,(H,20,24). The maximum absolute atomic E-state index is 11.9. The molecule has 0 aliphatic carbocycles. The van der Waals surface area contributed by atoms with Crippen molar-refractivity contribution in [3.63, 3.8) is 0 Å². The van der Waals surface area contributed by atoms with Crippen LogP contribution in [0.15, 0.2) is 45.5 Å². The molecule has 1 aliphatic heterocycles. The van der Waals surface area contributed by atoms with Gasteiger partial charge in [-0.15, -0.1) is 0 Å². The minimum absolute atomic E-state index is 0.0819. The highest BCUT2D eigenvalue weighted by atomic mass is 79.9. The summed E-state index contributed by atoms with van der Waals surface area (Å²) < 4.78 is 10.7. The lowest BCUT2D eigenvalue weighted by molar-refractivity contribution is -0.129. The summed E-state index contributed by atoms with van der Waals surface area (Å²) in [4.78, 5) is 27.4. The lowest BCUT2D eigenvalue weighted by atomic mass is 10.2. The Kier molecular flexibility index (Phi) is 5.51. The molecule has 1 aromatic heterocycles. The number of carbonyl (C=O) groups is 2. The molecule has 0 radical (unpaired) electrons. The summed E-state index contributed by atoms with van der Waals surface area (Å²) in [5, 5.41) is 2.65. The first-order chi connectivity index (χ1) is 12.4. The number of hydrogen-bond acceptors (Lipinski definition) is 5. The third-order valence-corrected chi connectivity index (χ3v) is 4.85. The number of benzene rings is 1. The van der Waals surface area contributed by atoms with Gasteiger partial charge < -0.3 is 19.0 Å². The van der Waals surface area contributed by atoms with Crippen LogP contribution in [0.25, 0.3) is 0 Å². The van der Waals surface area contributed by atoms with E-state index in [9.17, 15) is 9.59 Å². The minimum atomic E-state index is -0.621. The van der Waals surface area contributed by atoms with E-state index in [0.717, 1.165) is 25.2 Å². The maximum atomic E-state index is 11.9. The van der Waals surface area contributed by atoms with E-state index in [1.54, 1.807) is 24.0 Å². The molecule has 1 N–H and O–H groups in total. The van der Waals surface area contributed by atoms with Crippen molar-refractivity contribution in [1.82, 2.24) is 4.90 Å². The van der Waals surface area contributed by atoms with Crippen LogP contribution in [-0.4, -0.2) is 43.1 Å². The summed E-state index contributed by atoms with van der Waals surface area (Å²) in [5.41, 5.74) is 1.68. The number of hydrogen-bond donors (Lipinski definition) is 1. The summed E-state index contributed by atoms with van der Waals surface area (Å²) in [6.45, 7) is 3.28. The Hall–Kier alpha value is -2.48. The molecule has 1 atom stereocenters. The number of nitrogens with zero attached hydrogens (tertiary/aromatic N) is 2. The number of halogens is 1. The molecule has 3 rings (SSSR count). The molecule has 7 nitrogen and oxygen atoms in total. The molecule has 1 aromatic carbocycles. The predicted octanol–water partition coefficient (Wildman–Crippen LogP) is 3.71. The second-order valence-electron chi connectivity index (χ2n) is 6.14. The van der Waals surface area contributed by atoms with Crippen molar-refractivity contribution in [1.29, 1.82) is 0 Å². The molecule has 1 saturated heterocycles. The van der Waals surface area contributed by atoms with Crippen LogP contribution in [0, 0.1) is 0 Å². The fraction of sp³-hybridized carbons (Fsp3) is 0.333. The van der Waals surface area contributed by atoms with Crippen LogP contribution in [0.4, 0.5) is 16.2 Å². The van der Waals surface area contributed by atoms with E-state index in [1.807, 2.05) is 31.3 Å². The molecule has 8 heteroatoms. The van der Waals surface area contributed by atoms with Crippen LogP contribution in [0.3, 0.4) is 0 Å². The Morgan fingerprint density at radius 3 is 2.62 bits per heavy atom. The zero-order chi connectivity index (χ0) is 18.7. The number of likely N-dealkylation sites (N-methyl/N-ethyl adjacent to an activating group) is 1. The molecular weight excluding hydrogens is 402 g/mol. The lowest BCUT2D eigenvalue weighted by Crippen LogP contribution is -2.37. The van der Waals surface area contributed by atoms with Crippen molar-refractivity contribution in [2.24, 2.45) is 0 Å². The highest BCUT2D eigenvalue weighted by Crippen LogP contribution is 2.25. The monoisotopic (exact) mass is 421 g/mol. The molecule has 2 amide bonds. The van der Waals surface area contributed by atoms with E-state index in [0.29, 0.717) is 10.4 Å². The molecule has 2 aromatic rings. The van der Waals surface area contributed by atoms with Gasteiger partial charge in [-0.3, -0.25) is 10.1 Å². The number of amides is 2. The largest absolute Gasteiger partial charge is 0.419 e. The Morgan fingerprint density at radius 2 is 2.00 bits per heavy atom. The first kappa shape index (κ1) is 18.3. The van der Waals surface area contributed by atoms with Crippen molar-refractivity contribution in [2.45, 2.75) is 19.4 Å². The number of rotatable bonds is 4. The first-order valence-corrected chi connectivity index (χ1v) is 9.04. The first-order valence-electron chi connectivity index (χ1n) is 8.25. The van der Waals surface area contributed by atoms with Gasteiger partial charge in [-0.1, -0.05) is 0 Å². The SMILES string of the molecule is CC(=O)N(C)C1CCN(c2ccc(NC(=O)Oc3ccc(Br)o3)cc2)C1. The normalized spacial score (nSPS) is 16.4. The maximum Gasteiger partial charge on any atom is 0.419 e. The number of anilines is 2. The Bertz CT molecular complexity index is 790. The quantitative estimate of drug-likeness (QED) is 0.813. The van der Waals surface area contributed by atoms with Gasteiger partial charge in [-0.05, 0) is 52.7 Å². The fourth-order valence-electron chi connectivity index (χ4n) is 2.89. The van der Waals surface area contributed by atoms with Gasteiger partial charge in [0.15, 0.2) is 4.67 Å². The van der Waals surface area contributed by atoms with Crippen LogP contribution in [0.2, 0.25) is 0 Å². The summed E-state index contributed by atoms with van der Waals surface area (Å²) in [5.74, 6) is 0.196. The second kappa shape index (κ2) is 7.82. The van der Waals surface area contributed by atoms with Gasteiger partial charge in [0.05, 0.1) is 6.04 Å². The van der Waals surface area contributed by atoms with E-state index in [1.165, 1.54) is 0 Å². The number of nitrogens with one attached hydrogen (secondary N) is 1. The van der Waals surface area contributed by atoms with Crippen molar-refractivity contribution in [2.75, 3.05) is 30.4 Å². The van der Waals surface area contributed by atoms with E-state index in [-0.39, 0.29) is 17.9 Å². The zero-order valence-electron chi connectivity index (χ0n) is 14.6. The van der Waals surface area contributed by atoms with E-state index >= 15 is 0 Å². The van der Waals surface area contributed by atoms with Gasteiger partial charge in [-0.2, -0.15) is 0 Å². The smallest absolute Gasteiger partial charge is 0.418 e. The van der Waals surface area contributed by atoms with Gasteiger partial charge in [0.1, 0.15) is 0 Å². The predicted molar refractivity (Wildman–Crippen MR) is 102 cm³/mol. The summed E-state index contributed by atoms with van der Waals surface area (Å²) >= 11 is 3.15. The van der Waals surface area contributed by atoms with Crippen LogP contribution in [-0.2, 0) is 4.79 Å². The molecule has 0 bridgehead atoms. The van der Waals surface area contributed by atoms with Gasteiger partial charge in [0, 0.05) is 44.5 Å². The van der Waals surface area contributed by atoms with Crippen molar-refractivity contribution in [3.05, 3.63) is 41.1 Å². The summed E-state index contributed by atoms with van der Waals surface area (Å²) in [7, 11) is 1.84. The molecule has 2 heterocycles. The average molecular weight is 422 g/mol. The van der Waals surface area contributed by atoms with Gasteiger partial charge in [-0.25, -0.2) is 4.79 Å². The van der Waals surface area contributed by atoms with Crippen LogP contribution < -0.4 is 15.0 Å². The molecule has 1 fully saturated rings. The third kappa shape index (κ3) is 4.37. The summed E-state index contributed by atoms with van der Waals surface area (Å²) in [6, 6.07) is 10.9. The Balaban J connectivity index is 1.55.